The zero-order chi connectivity index (χ0) is 11.7. The maximum Gasteiger partial charge on any atom is 0.133 e. The number of rotatable bonds is 4. The van der Waals surface area contributed by atoms with E-state index in [0.29, 0.717) is 17.6 Å². The molecular formula is C15H19NO. The molecule has 2 aliphatic rings. The Morgan fingerprint density at radius 3 is 2.94 bits per heavy atom. The third-order valence-corrected chi connectivity index (χ3v) is 4.11. The Morgan fingerprint density at radius 2 is 2.18 bits per heavy atom. The molecule has 0 amide bonds. The third-order valence-electron chi connectivity index (χ3n) is 4.11. The van der Waals surface area contributed by atoms with Gasteiger partial charge in [0.2, 0.25) is 0 Å². The van der Waals surface area contributed by atoms with Crippen LogP contribution in [0.5, 0.6) is 0 Å². The summed E-state index contributed by atoms with van der Waals surface area (Å²) in [6, 6.07) is 8.52. The van der Waals surface area contributed by atoms with E-state index in [-0.39, 0.29) is 0 Å². The topological polar surface area (TPSA) is 29.1 Å². The molecule has 90 valence electrons. The highest BCUT2D eigenvalue weighted by molar-refractivity contribution is 5.80. The number of Topliss-reactive ketones (excluding diaryl/α,β-unsaturated/α-hetero) is 1. The number of benzene rings is 1. The Hall–Kier alpha value is -1.15. The van der Waals surface area contributed by atoms with Crippen LogP contribution in [-0.4, -0.2) is 18.9 Å². The van der Waals surface area contributed by atoms with E-state index in [1.54, 1.807) is 0 Å². The summed E-state index contributed by atoms with van der Waals surface area (Å²) in [6.07, 6.45) is 3.82. The van der Waals surface area contributed by atoms with Gasteiger partial charge >= 0.3 is 0 Å². The van der Waals surface area contributed by atoms with Crippen molar-refractivity contribution in [3.05, 3.63) is 35.4 Å². The van der Waals surface area contributed by atoms with Gasteiger partial charge in [0.05, 0.1) is 0 Å². The number of carbonyl (C=O) groups is 1. The lowest BCUT2D eigenvalue weighted by Crippen LogP contribution is -2.21. The number of nitrogens with one attached hydrogen (secondary N) is 1. The quantitative estimate of drug-likeness (QED) is 0.858. The van der Waals surface area contributed by atoms with Crippen LogP contribution in [0.1, 0.15) is 36.3 Å². The van der Waals surface area contributed by atoms with Gasteiger partial charge in [0.25, 0.3) is 0 Å². The van der Waals surface area contributed by atoms with E-state index in [1.165, 1.54) is 17.5 Å². The Balaban J connectivity index is 1.53. The lowest BCUT2D eigenvalue weighted by Gasteiger charge is -2.29. The molecule has 2 heteroatoms. The molecule has 1 aliphatic carbocycles. The molecule has 2 atom stereocenters. The molecule has 2 nitrogen and oxygen atoms in total. The summed E-state index contributed by atoms with van der Waals surface area (Å²) in [5.41, 5.74) is 2.85. The minimum Gasteiger partial charge on any atom is -0.316 e. The van der Waals surface area contributed by atoms with Crippen LogP contribution in [0.3, 0.4) is 0 Å². The fourth-order valence-corrected chi connectivity index (χ4v) is 3.11. The van der Waals surface area contributed by atoms with Gasteiger partial charge in [-0.25, -0.2) is 0 Å². The van der Waals surface area contributed by atoms with Crippen molar-refractivity contribution in [3.8, 4) is 0 Å². The fourth-order valence-electron chi connectivity index (χ4n) is 3.11. The van der Waals surface area contributed by atoms with Gasteiger partial charge in [0.1, 0.15) is 5.78 Å². The van der Waals surface area contributed by atoms with Crippen molar-refractivity contribution in [1.29, 1.82) is 0 Å². The Labute approximate surface area is 102 Å². The average molecular weight is 229 g/mol. The van der Waals surface area contributed by atoms with Crippen molar-refractivity contribution in [2.75, 3.05) is 13.1 Å². The van der Waals surface area contributed by atoms with Crippen LogP contribution in [0.2, 0.25) is 0 Å². The smallest absolute Gasteiger partial charge is 0.133 e. The van der Waals surface area contributed by atoms with Crippen LogP contribution in [-0.2, 0) is 11.2 Å². The second kappa shape index (κ2) is 4.61. The Morgan fingerprint density at radius 1 is 1.29 bits per heavy atom. The minimum absolute atomic E-state index is 0.457. The summed E-state index contributed by atoms with van der Waals surface area (Å²) >= 11 is 0. The lowest BCUT2D eigenvalue weighted by atomic mass is 9.74. The molecule has 1 aromatic rings. The Bertz CT molecular complexity index is 421. The predicted molar refractivity (Wildman–Crippen MR) is 68.1 cm³/mol. The molecule has 1 heterocycles. The lowest BCUT2D eigenvalue weighted by molar-refractivity contribution is -0.120. The summed E-state index contributed by atoms with van der Waals surface area (Å²) < 4.78 is 0. The molecule has 1 aliphatic heterocycles. The molecule has 1 aromatic carbocycles. The summed E-state index contributed by atoms with van der Waals surface area (Å²) in [5.74, 6) is 1.56. The first-order valence-corrected chi connectivity index (χ1v) is 6.63. The van der Waals surface area contributed by atoms with Gasteiger partial charge in [0, 0.05) is 12.8 Å². The first kappa shape index (κ1) is 11.0. The van der Waals surface area contributed by atoms with Crippen LogP contribution >= 0.6 is 0 Å². The van der Waals surface area contributed by atoms with Crippen molar-refractivity contribution in [1.82, 2.24) is 5.32 Å². The zero-order valence-corrected chi connectivity index (χ0v) is 10.1. The van der Waals surface area contributed by atoms with E-state index in [0.717, 1.165) is 32.4 Å². The highest BCUT2D eigenvalue weighted by Gasteiger charge is 2.28. The molecule has 0 spiro atoms. The molecule has 1 N–H and O–H groups in total. The van der Waals surface area contributed by atoms with Crippen molar-refractivity contribution in [2.45, 2.75) is 31.6 Å². The number of hydrogen-bond acceptors (Lipinski definition) is 2. The second-order valence-electron chi connectivity index (χ2n) is 5.41. The predicted octanol–water partition coefficient (Wildman–Crippen LogP) is 2.29. The standard InChI is InChI=1S/C15H19NO/c17-14(7-11-5-6-16-10-11)9-13-8-12-3-1-2-4-15(12)13/h1-4,11,13,16H,5-10H2. The van der Waals surface area contributed by atoms with Gasteiger partial charge in [-0.2, -0.15) is 0 Å². The van der Waals surface area contributed by atoms with E-state index in [2.05, 4.69) is 29.6 Å². The maximum absolute atomic E-state index is 12.0. The van der Waals surface area contributed by atoms with Crippen molar-refractivity contribution in [3.63, 3.8) is 0 Å². The number of fused-ring (bicyclic) bond motifs is 1. The van der Waals surface area contributed by atoms with Crippen LogP contribution in [0.15, 0.2) is 24.3 Å². The molecule has 1 fully saturated rings. The van der Waals surface area contributed by atoms with Gasteiger partial charge in [-0.15, -0.1) is 0 Å². The average Bonchev–Trinajstić information content (AvgIpc) is 2.79. The molecule has 3 rings (SSSR count). The zero-order valence-electron chi connectivity index (χ0n) is 10.1. The normalized spacial score (nSPS) is 26.4. The molecular weight excluding hydrogens is 210 g/mol. The number of hydrogen-bond donors (Lipinski definition) is 1. The van der Waals surface area contributed by atoms with Crippen LogP contribution in [0, 0.1) is 5.92 Å². The summed E-state index contributed by atoms with van der Waals surface area (Å²) in [4.78, 5) is 12.0. The van der Waals surface area contributed by atoms with Crippen LogP contribution in [0.25, 0.3) is 0 Å². The summed E-state index contributed by atoms with van der Waals surface area (Å²) in [6.45, 7) is 2.12. The van der Waals surface area contributed by atoms with Gasteiger partial charge < -0.3 is 5.32 Å². The van der Waals surface area contributed by atoms with Crippen LogP contribution < -0.4 is 5.32 Å². The molecule has 17 heavy (non-hydrogen) atoms. The second-order valence-corrected chi connectivity index (χ2v) is 5.41. The van der Waals surface area contributed by atoms with E-state index < -0.39 is 0 Å². The third kappa shape index (κ3) is 2.27. The van der Waals surface area contributed by atoms with E-state index in [1.807, 2.05) is 0 Å². The molecule has 0 aromatic heterocycles. The van der Waals surface area contributed by atoms with Crippen molar-refractivity contribution >= 4 is 5.78 Å². The van der Waals surface area contributed by atoms with E-state index in [9.17, 15) is 4.79 Å². The monoisotopic (exact) mass is 229 g/mol. The van der Waals surface area contributed by atoms with Gasteiger partial charge in [-0.3, -0.25) is 4.79 Å². The first-order valence-electron chi connectivity index (χ1n) is 6.63. The van der Waals surface area contributed by atoms with E-state index in [4.69, 9.17) is 0 Å². The number of ketones is 1. The highest BCUT2D eigenvalue weighted by atomic mass is 16.1. The van der Waals surface area contributed by atoms with Gasteiger partial charge in [-0.1, -0.05) is 24.3 Å². The van der Waals surface area contributed by atoms with E-state index >= 15 is 0 Å². The number of carbonyl (C=O) groups excluding carboxylic acids is 1. The maximum atomic E-state index is 12.0. The van der Waals surface area contributed by atoms with Gasteiger partial charge in [-0.05, 0) is 48.9 Å². The molecule has 2 unspecified atom stereocenters. The van der Waals surface area contributed by atoms with Crippen molar-refractivity contribution in [2.24, 2.45) is 5.92 Å². The largest absolute Gasteiger partial charge is 0.316 e. The molecule has 0 saturated carbocycles. The molecule has 0 radical (unpaired) electrons. The van der Waals surface area contributed by atoms with Crippen LogP contribution in [0.4, 0.5) is 0 Å². The molecule has 0 bridgehead atoms. The summed E-state index contributed by atoms with van der Waals surface area (Å²) in [7, 11) is 0. The van der Waals surface area contributed by atoms with Crippen molar-refractivity contribution < 1.29 is 4.79 Å². The molecule has 1 saturated heterocycles. The minimum atomic E-state index is 0.457. The first-order chi connectivity index (χ1) is 8.33. The SMILES string of the molecule is O=C(CC1CCNC1)CC1Cc2ccccc21. The van der Waals surface area contributed by atoms with Gasteiger partial charge in [0.15, 0.2) is 0 Å². The summed E-state index contributed by atoms with van der Waals surface area (Å²) in [5, 5.41) is 3.32. The fraction of sp³-hybridized carbons (Fsp3) is 0.533. The Kier molecular flexibility index (Phi) is 2.98. The highest BCUT2D eigenvalue weighted by Crippen LogP contribution is 2.37.